The maximum Gasteiger partial charge on any atom is 0.136 e. The van der Waals surface area contributed by atoms with Crippen molar-refractivity contribution in [3.63, 3.8) is 0 Å². The molecule has 1 aliphatic rings. The van der Waals surface area contributed by atoms with E-state index >= 15 is 0 Å². The Kier molecular flexibility index (Phi) is 7.67. The lowest BCUT2D eigenvalue weighted by Gasteiger charge is -2.32. The fourth-order valence-electron chi connectivity index (χ4n) is 7.71. The fourth-order valence-corrected chi connectivity index (χ4v) is 7.71. The van der Waals surface area contributed by atoms with Gasteiger partial charge in [-0.1, -0.05) is 170 Å². The van der Waals surface area contributed by atoms with Crippen LogP contribution in [-0.2, 0) is 0 Å². The molecule has 0 bridgehead atoms. The van der Waals surface area contributed by atoms with Crippen LogP contribution in [0, 0.1) is 0 Å². The van der Waals surface area contributed by atoms with E-state index in [-0.39, 0.29) is 12.3 Å². The summed E-state index contributed by atoms with van der Waals surface area (Å²) >= 11 is 0. The zero-order valence-electron chi connectivity index (χ0n) is 28.9. The Morgan fingerprint density at radius 2 is 1.00 bits per heavy atom. The van der Waals surface area contributed by atoms with Crippen molar-refractivity contribution in [2.45, 2.75) is 12.3 Å². The third-order valence-electron chi connectivity index (χ3n) is 10.4. The van der Waals surface area contributed by atoms with Crippen LogP contribution in [0.2, 0.25) is 0 Å². The largest absolute Gasteiger partial charge is 0.456 e. The lowest BCUT2D eigenvalue weighted by molar-refractivity contribution is 0.411. The second-order valence-electron chi connectivity index (χ2n) is 13.6. The molecule has 53 heavy (non-hydrogen) atoms. The molecule has 0 aliphatic carbocycles. The average Bonchev–Trinajstić information content (AvgIpc) is 3.63. The first-order valence-corrected chi connectivity index (χ1v) is 18.1. The molecule has 2 heterocycles. The van der Waals surface area contributed by atoms with Gasteiger partial charge in [-0.15, -0.1) is 0 Å². The first kappa shape index (κ1) is 31.0. The van der Waals surface area contributed by atoms with E-state index in [2.05, 4.69) is 193 Å². The highest BCUT2D eigenvalue weighted by Crippen LogP contribution is 2.41. The van der Waals surface area contributed by atoms with Gasteiger partial charge in [0, 0.05) is 21.9 Å². The SMILES string of the molecule is c1ccc(-c2ccc(C3=NC(c4ccc5ccccc5c4)NC(c4cccc5oc6cccc(-c7ccc(-c8ccccc8)cc7)c6c45)N3)cc2)cc1. The summed E-state index contributed by atoms with van der Waals surface area (Å²) in [6.07, 6.45) is -0.543. The molecular formula is C49H35N3O. The van der Waals surface area contributed by atoms with Gasteiger partial charge in [0.2, 0.25) is 0 Å². The predicted octanol–water partition coefficient (Wildman–Crippen LogP) is 12.1. The number of nitrogens with one attached hydrogen (secondary N) is 2. The number of aliphatic imine (C=N–C) groups is 1. The van der Waals surface area contributed by atoms with Crippen molar-refractivity contribution in [2.24, 2.45) is 4.99 Å². The normalized spacial score (nSPS) is 15.7. The molecule has 2 unspecified atom stereocenters. The van der Waals surface area contributed by atoms with Crippen LogP contribution in [0.1, 0.15) is 29.0 Å². The van der Waals surface area contributed by atoms with Crippen LogP contribution < -0.4 is 10.6 Å². The highest BCUT2D eigenvalue weighted by atomic mass is 16.3. The predicted molar refractivity (Wildman–Crippen MR) is 219 cm³/mol. The smallest absolute Gasteiger partial charge is 0.136 e. The number of rotatable bonds is 6. The molecule has 1 aliphatic heterocycles. The van der Waals surface area contributed by atoms with E-state index in [1.54, 1.807) is 0 Å². The molecule has 2 N–H and O–H groups in total. The van der Waals surface area contributed by atoms with E-state index in [0.29, 0.717) is 0 Å². The Hall–Kier alpha value is -6.75. The van der Waals surface area contributed by atoms with E-state index in [9.17, 15) is 0 Å². The molecule has 0 saturated carbocycles. The number of fused-ring (bicyclic) bond motifs is 4. The van der Waals surface area contributed by atoms with Crippen molar-refractivity contribution in [1.29, 1.82) is 0 Å². The molecule has 0 radical (unpaired) electrons. The topological polar surface area (TPSA) is 49.6 Å². The maximum absolute atomic E-state index is 6.58. The average molecular weight is 682 g/mol. The fraction of sp³-hybridized carbons (Fsp3) is 0.0408. The van der Waals surface area contributed by atoms with Gasteiger partial charge in [-0.05, 0) is 67.9 Å². The van der Waals surface area contributed by atoms with Crippen LogP contribution in [0.15, 0.2) is 197 Å². The molecule has 0 spiro atoms. The molecule has 252 valence electrons. The zero-order valence-corrected chi connectivity index (χ0v) is 28.9. The molecule has 4 nitrogen and oxygen atoms in total. The van der Waals surface area contributed by atoms with E-state index < -0.39 is 0 Å². The summed E-state index contributed by atoms with van der Waals surface area (Å²) in [6, 6.07) is 66.4. The molecule has 4 heteroatoms. The minimum absolute atomic E-state index is 0.259. The molecule has 9 aromatic rings. The highest BCUT2D eigenvalue weighted by Gasteiger charge is 2.28. The summed E-state index contributed by atoms with van der Waals surface area (Å²) in [7, 11) is 0. The first-order chi connectivity index (χ1) is 26.2. The molecule has 2 atom stereocenters. The van der Waals surface area contributed by atoms with Gasteiger partial charge < -0.3 is 9.73 Å². The van der Waals surface area contributed by atoms with Gasteiger partial charge >= 0.3 is 0 Å². The van der Waals surface area contributed by atoms with Crippen LogP contribution in [0.3, 0.4) is 0 Å². The van der Waals surface area contributed by atoms with Crippen molar-refractivity contribution >= 4 is 38.5 Å². The number of furan rings is 1. The monoisotopic (exact) mass is 681 g/mol. The number of hydrogen-bond acceptors (Lipinski definition) is 4. The maximum atomic E-state index is 6.58. The van der Waals surface area contributed by atoms with Crippen molar-refractivity contribution in [2.75, 3.05) is 0 Å². The second-order valence-corrected chi connectivity index (χ2v) is 13.6. The van der Waals surface area contributed by atoms with Gasteiger partial charge in [0.25, 0.3) is 0 Å². The summed E-state index contributed by atoms with van der Waals surface area (Å²) in [5.41, 5.74) is 12.0. The van der Waals surface area contributed by atoms with Crippen molar-refractivity contribution < 1.29 is 4.42 Å². The van der Waals surface area contributed by atoms with Gasteiger partial charge in [-0.2, -0.15) is 0 Å². The minimum Gasteiger partial charge on any atom is -0.456 e. The Labute approximate surface area is 308 Å². The standard InChI is InChI=1S/C49H35N3O/c1-3-11-32(12-4-1)35-21-26-37(27-22-35)41-17-9-19-43-45(41)46-42(18-10-20-44(46)53-43)49-51-47(38-28-23-36(24-29-38)33-13-5-2-6-14-33)50-48(52-49)40-30-25-34-15-7-8-16-39(34)31-40/h1-31,48-49,52H,(H,50,51). The van der Waals surface area contributed by atoms with E-state index in [1.807, 2.05) is 6.07 Å². The Morgan fingerprint density at radius 1 is 0.434 bits per heavy atom. The lowest BCUT2D eigenvalue weighted by Crippen LogP contribution is -2.45. The third kappa shape index (κ3) is 5.76. The zero-order chi connectivity index (χ0) is 35.1. The van der Waals surface area contributed by atoms with Crippen LogP contribution in [0.5, 0.6) is 0 Å². The summed E-state index contributed by atoms with van der Waals surface area (Å²) in [5, 5.41) is 12.3. The van der Waals surface area contributed by atoms with Crippen LogP contribution >= 0.6 is 0 Å². The van der Waals surface area contributed by atoms with Gasteiger partial charge in [-0.3, -0.25) is 5.32 Å². The van der Waals surface area contributed by atoms with Gasteiger partial charge in [-0.25, -0.2) is 4.99 Å². The number of amidine groups is 1. The number of nitrogens with zero attached hydrogens (tertiary/aromatic N) is 1. The second kappa shape index (κ2) is 13.1. The minimum atomic E-state index is -0.284. The summed E-state index contributed by atoms with van der Waals surface area (Å²) in [5.74, 6) is 0.841. The Morgan fingerprint density at radius 3 is 1.70 bits per heavy atom. The van der Waals surface area contributed by atoms with E-state index in [1.165, 1.54) is 33.0 Å². The molecule has 0 amide bonds. The quantitative estimate of drug-likeness (QED) is 0.184. The molecule has 10 rings (SSSR count). The Bertz CT molecular complexity index is 2770. The van der Waals surface area contributed by atoms with E-state index in [4.69, 9.17) is 9.41 Å². The van der Waals surface area contributed by atoms with Gasteiger partial charge in [0.05, 0.1) is 0 Å². The van der Waals surface area contributed by atoms with Crippen LogP contribution in [0.25, 0.3) is 66.1 Å². The highest BCUT2D eigenvalue weighted by molar-refractivity contribution is 6.14. The molecule has 0 saturated heterocycles. The molecule has 0 fully saturated rings. The van der Waals surface area contributed by atoms with Crippen LogP contribution in [-0.4, -0.2) is 5.84 Å². The van der Waals surface area contributed by atoms with Gasteiger partial charge in [0.1, 0.15) is 29.3 Å². The number of hydrogen-bond donors (Lipinski definition) is 2. The summed E-state index contributed by atoms with van der Waals surface area (Å²) in [6.45, 7) is 0. The first-order valence-electron chi connectivity index (χ1n) is 18.1. The van der Waals surface area contributed by atoms with Crippen molar-refractivity contribution in [3.05, 3.63) is 205 Å². The van der Waals surface area contributed by atoms with Crippen molar-refractivity contribution in [3.8, 4) is 33.4 Å². The van der Waals surface area contributed by atoms with Crippen LogP contribution in [0.4, 0.5) is 0 Å². The summed E-state index contributed by atoms with van der Waals surface area (Å²) < 4.78 is 6.58. The number of benzene rings is 8. The third-order valence-corrected chi connectivity index (χ3v) is 10.4. The Balaban J connectivity index is 1.09. The lowest BCUT2D eigenvalue weighted by atomic mass is 9.94. The molecule has 8 aromatic carbocycles. The molecular weight excluding hydrogens is 647 g/mol. The molecule has 1 aromatic heterocycles. The van der Waals surface area contributed by atoms with Crippen molar-refractivity contribution in [1.82, 2.24) is 10.6 Å². The van der Waals surface area contributed by atoms with E-state index in [0.717, 1.165) is 55.6 Å². The summed E-state index contributed by atoms with van der Waals surface area (Å²) in [4.78, 5) is 5.31. The van der Waals surface area contributed by atoms with Gasteiger partial charge in [0.15, 0.2) is 0 Å².